The number of Topliss-reactive ketones (excluding diaryl/α,β-unsaturated/α-hetero) is 1. The summed E-state index contributed by atoms with van der Waals surface area (Å²) in [7, 11) is 0. The molecule has 1 heterocycles. The number of carbonyl (C=O) groups excluding carboxylic acids is 1. The van der Waals surface area contributed by atoms with Crippen LogP contribution in [0.4, 0.5) is 0 Å². The van der Waals surface area contributed by atoms with Crippen molar-refractivity contribution in [1.82, 2.24) is 4.98 Å². The Morgan fingerprint density at radius 1 is 0.864 bits per heavy atom. The zero-order chi connectivity index (χ0) is 15.4. The number of benzene rings is 2. The summed E-state index contributed by atoms with van der Waals surface area (Å²) in [5, 5.41) is 0. The molecule has 3 rings (SSSR count). The Labute approximate surface area is 143 Å². The van der Waals surface area contributed by atoms with Crippen LogP contribution in [0.15, 0.2) is 79.0 Å². The first-order valence-electron chi connectivity index (χ1n) is 7.02. The molecule has 0 amide bonds. The zero-order valence-corrected chi connectivity index (χ0v) is 14.0. The topological polar surface area (TPSA) is 30.0 Å². The Bertz CT molecular complexity index is 732. The summed E-state index contributed by atoms with van der Waals surface area (Å²) in [5.74, 6) is -0.298. The van der Waals surface area contributed by atoms with E-state index in [2.05, 4.69) is 27.6 Å². The summed E-state index contributed by atoms with van der Waals surface area (Å²) in [6.07, 6.45) is 1.73. The number of halogens is 1. The third-order valence-electron chi connectivity index (χ3n) is 3.52. The standard InChI is InChI=1S/C19H14INO/c20-16-11-5-4-10-15(16)19(22)18(14-8-2-1-3-9-14)17-12-6-7-13-21-17/h1-13,18H/t18-/m1/s1. The second-order valence-electron chi connectivity index (χ2n) is 4.94. The molecule has 0 spiro atoms. The number of rotatable bonds is 4. The first-order valence-corrected chi connectivity index (χ1v) is 8.10. The molecule has 0 aliphatic rings. The van der Waals surface area contributed by atoms with Gasteiger partial charge in [0.15, 0.2) is 5.78 Å². The van der Waals surface area contributed by atoms with Crippen molar-refractivity contribution >= 4 is 28.4 Å². The molecule has 3 heteroatoms. The van der Waals surface area contributed by atoms with Crippen molar-refractivity contribution in [2.24, 2.45) is 0 Å². The molecule has 0 unspecified atom stereocenters. The van der Waals surface area contributed by atoms with E-state index in [0.29, 0.717) is 0 Å². The molecule has 3 aromatic rings. The molecule has 0 bridgehead atoms. The van der Waals surface area contributed by atoms with Crippen molar-refractivity contribution in [2.75, 3.05) is 0 Å². The van der Waals surface area contributed by atoms with E-state index in [4.69, 9.17) is 0 Å². The summed E-state index contributed by atoms with van der Waals surface area (Å²) in [5.41, 5.74) is 2.48. The van der Waals surface area contributed by atoms with Crippen LogP contribution in [0.1, 0.15) is 27.5 Å². The molecule has 2 aromatic carbocycles. The van der Waals surface area contributed by atoms with Crippen molar-refractivity contribution in [3.8, 4) is 0 Å². The van der Waals surface area contributed by atoms with Crippen LogP contribution >= 0.6 is 22.6 Å². The van der Waals surface area contributed by atoms with Gasteiger partial charge >= 0.3 is 0 Å². The Balaban J connectivity index is 2.11. The van der Waals surface area contributed by atoms with Gasteiger partial charge in [-0.25, -0.2) is 0 Å². The molecule has 1 atom stereocenters. The van der Waals surface area contributed by atoms with E-state index in [-0.39, 0.29) is 11.7 Å². The maximum absolute atomic E-state index is 13.1. The van der Waals surface area contributed by atoms with Crippen LogP contribution in [0.3, 0.4) is 0 Å². The lowest BCUT2D eigenvalue weighted by molar-refractivity contribution is 0.0971. The second kappa shape index (κ2) is 6.83. The molecular formula is C19H14INO. The normalized spacial score (nSPS) is 11.9. The van der Waals surface area contributed by atoms with Crippen LogP contribution in [0, 0.1) is 3.57 Å². The highest BCUT2D eigenvalue weighted by molar-refractivity contribution is 14.1. The molecule has 0 N–H and O–H groups in total. The van der Waals surface area contributed by atoms with E-state index < -0.39 is 0 Å². The molecule has 0 saturated heterocycles. The Hall–Kier alpha value is -2.01. The first-order chi connectivity index (χ1) is 10.8. The smallest absolute Gasteiger partial charge is 0.177 e. The number of carbonyl (C=O) groups is 1. The summed E-state index contributed by atoms with van der Waals surface area (Å²) in [6, 6.07) is 23.2. The van der Waals surface area contributed by atoms with Gasteiger partial charge in [-0.2, -0.15) is 0 Å². The van der Waals surface area contributed by atoms with Crippen LogP contribution in [0.25, 0.3) is 0 Å². The van der Waals surface area contributed by atoms with E-state index >= 15 is 0 Å². The minimum atomic E-state index is -0.377. The second-order valence-corrected chi connectivity index (χ2v) is 6.10. The van der Waals surface area contributed by atoms with E-state index in [1.807, 2.05) is 72.8 Å². The number of aromatic nitrogens is 1. The van der Waals surface area contributed by atoms with Crippen LogP contribution in [0.2, 0.25) is 0 Å². The van der Waals surface area contributed by atoms with Gasteiger partial charge in [0.05, 0.1) is 11.6 Å². The van der Waals surface area contributed by atoms with Gasteiger partial charge in [0.25, 0.3) is 0 Å². The number of hydrogen-bond acceptors (Lipinski definition) is 2. The third-order valence-corrected chi connectivity index (χ3v) is 4.46. The van der Waals surface area contributed by atoms with Gasteiger partial charge in [-0.3, -0.25) is 9.78 Å². The fraction of sp³-hybridized carbons (Fsp3) is 0.0526. The average molecular weight is 399 g/mol. The third kappa shape index (κ3) is 3.09. The average Bonchev–Trinajstić information content (AvgIpc) is 2.57. The van der Waals surface area contributed by atoms with Crippen LogP contribution in [-0.2, 0) is 0 Å². The molecule has 0 radical (unpaired) electrons. The molecule has 1 aromatic heterocycles. The molecule has 2 nitrogen and oxygen atoms in total. The molecule has 0 aliphatic carbocycles. The van der Waals surface area contributed by atoms with Gasteiger partial charge in [-0.15, -0.1) is 0 Å². The number of pyridine rings is 1. The molecule has 0 aliphatic heterocycles. The van der Waals surface area contributed by atoms with E-state index in [0.717, 1.165) is 20.4 Å². The predicted octanol–water partition coefficient (Wildman–Crippen LogP) is 4.70. The largest absolute Gasteiger partial charge is 0.293 e. The maximum atomic E-state index is 13.1. The molecule has 0 fully saturated rings. The minimum Gasteiger partial charge on any atom is -0.293 e. The molecule has 108 valence electrons. The zero-order valence-electron chi connectivity index (χ0n) is 11.8. The molecule has 0 saturated carbocycles. The van der Waals surface area contributed by atoms with Crippen molar-refractivity contribution in [3.63, 3.8) is 0 Å². The van der Waals surface area contributed by atoms with Gasteiger partial charge < -0.3 is 0 Å². The fourth-order valence-electron chi connectivity index (χ4n) is 2.47. The molecule has 22 heavy (non-hydrogen) atoms. The fourth-order valence-corrected chi connectivity index (χ4v) is 3.12. The van der Waals surface area contributed by atoms with Crippen molar-refractivity contribution in [2.45, 2.75) is 5.92 Å². The van der Waals surface area contributed by atoms with Gasteiger partial charge in [0, 0.05) is 15.3 Å². The first kappa shape index (κ1) is 14.9. The van der Waals surface area contributed by atoms with Crippen molar-refractivity contribution < 1.29 is 4.79 Å². The van der Waals surface area contributed by atoms with Crippen molar-refractivity contribution in [1.29, 1.82) is 0 Å². The Morgan fingerprint density at radius 2 is 1.55 bits per heavy atom. The van der Waals surface area contributed by atoms with Gasteiger partial charge in [0.2, 0.25) is 0 Å². The highest BCUT2D eigenvalue weighted by Crippen LogP contribution is 2.28. The summed E-state index contributed by atoms with van der Waals surface area (Å²) in [4.78, 5) is 17.5. The number of nitrogens with zero attached hydrogens (tertiary/aromatic N) is 1. The highest BCUT2D eigenvalue weighted by Gasteiger charge is 2.26. The number of hydrogen-bond donors (Lipinski definition) is 0. The maximum Gasteiger partial charge on any atom is 0.177 e. The minimum absolute atomic E-state index is 0.0786. The van der Waals surface area contributed by atoms with Crippen LogP contribution < -0.4 is 0 Å². The number of ketones is 1. The van der Waals surface area contributed by atoms with Gasteiger partial charge in [0.1, 0.15) is 0 Å². The predicted molar refractivity (Wildman–Crippen MR) is 96.0 cm³/mol. The lowest BCUT2D eigenvalue weighted by Gasteiger charge is -2.16. The van der Waals surface area contributed by atoms with Crippen LogP contribution in [-0.4, -0.2) is 10.8 Å². The van der Waals surface area contributed by atoms with E-state index in [1.165, 1.54) is 0 Å². The molecular weight excluding hydrogens is 385 g/mol. The highest BCUT2D eigenvalue weighted by atomic mass is 127. The van der Waals surface area contributed by atoms with Gasteiger partial charge in [-0.1, -0.05) is 54.6 Å². The summed E-state index contributed by atoms with van der Waals surface area (Å²) in [6.45, 7) is 0. The lowest BCUT2D eigenvalue weighted by Crippen LogP contribution is -2.16. The van der Waals surface area contributed by atoms with Crippen molar-refractivity contribution in [3.05, 3.63) is 99.4 Å². The lowest BCUT2D eigenvalue weighted by atomic mass is 9.87. The quantitative estimate of drug-likeness (QED) is 0.470. The summed E-state index contributed by atoms with van der Waals surface area (Å²) < 4.78 is 0.960. The Morgan fingerprint density at radius 3 is 2.23 bits per heavy atom. The SMILES string of the molecule is O=C(c1ccccc1I)[C@H](c1ccccc1)c1ccccn1. The van der Waals surface area contributed by atoms with Gasteiger partial charge in [-0.05, 0) is 46.4 Å². The van der Waals surface area contributed by atoms with Crippen LogP contribution in [0.5, 0.6) is 0 Å². The monoisotopic (exact) mass is 399 g/mol. The Kier molecular flexibility index (Phi) is 4.63. The summed E-state index contributed by atoms with van der Waals surface area (Å²) >= 11 is 2.21. The van der Waals surface area contributed by atoms with E-state index in [1.54, 1.807) is 6.20 Å². The van der Waals surface area contributed by atoms with E-state index in [9.17, 15) is 4.79 Å².